The molecule has 2 aromatic heterocycles. The first kappa shape index (κ1) is 18.5. The summed E-state index contributed by atoms with van der Waals surface area (Å²) in [5, 5.41) is 28.7. The number of fused-ring (bicyclic) bond motifs is 1. The molecule has 1 saturated carbocycles. The number of rotatable bonds is 7. The topological polar surface area (TPSA) is 106 Å². The van der Waals surface area contributed by atoms with Gasteiger partial charge in [-0.2, -0.15) is 0 Å². The summed E-state index contributed by atoms with van der Waals surface area (Å²) in [5.41, 5.74) is 2.22. The van der Waals surface area contributed by atoms with E-state index in [1.54, 1.807) is 16.4 Å². The van der Waals surface area contributed by atoms with Crippen molar-refractivity contribution in [2.75, 3.05) is 19.0 Å². The molecule has 0 aromatic carbocycles. The Kier molecular flexibility index (Phi) is 5.88. The minimum absolute atomic E-state index is 0.0457. The average Bonchev–Trinajstić information content (AvgIpc) is 3.14. The fourth-order valence-corrected chi connectivity index (χ4v) is 4.01. The lowest BCUT2D eigenvalue weighted by atomic mass is 10.0. The van der Waals surface area contributed by atoms with Gasteiger partial charge in [-0.05, 0) is 19.8 Å². The molecule has 0 bridgehead atoms. The molecule has 3 rings (SSSR count). The van der Waals surface area contributed by atoms with Crippen molar-refractivity contribution in [3.05, 3.63) is 5.69 Å². The van der Waals surface area contributed by atoms with Crippen LogP contribution < -0.4 is 0 Å². The smallest absolute Gasteiger partial charge is 0.189 e. The van der Waals surface area contributed by atoms with Crippen LogP contribution in [0.4, 0.5) is 0 Å². The predicted molar refractivity (Wildman–Crippen MR) is 94.5 cm³/mol. The Hall–Kier alpha value is -1.29. The lowest BCUT2D eigenvalue weighted by Gasteiger charge is -2.18. The molecule has 1 unspecified atom stereocenters. The molecule has 0 aliphatic heterocycles. The van der Waals surface area contributed by atoms with Gasteiger partial charge in [-0.1, -0.05) is 30.8 Å². The van der Waals surface area contributed by atoms with Crippen LogP contribution in [0.15, 0.2) is 5.16 Å². The van der Waals surface area contributed by atoms with Crippen LogP contribution in [0, 0.1) is 12.8 Å². The first-order valence-corrected chi connectivity index (χ1v) is 9.68. The molecular weight excluding hydrogens is 342 g/mol. The van der Waals surface area contributed by atoms with Gasteiger partial charge in [-0.15, -0.1) is 5.10 Å². The molecule has 8 nitrogen and oxygen atoms in total. The molecule has 9 heteroatoms. The molecule has 138 valence electrons. The minimum atomic E-state index is -0.604. The Bertz CT molecular complexity index is 725. The van der Waals surface area contributed by atoms with E-state index in [9.17, 15) is 5.11 Å². The van der Waals surface area contributed by atoms with Crippen LogP contribution in [-0.2, 0) is 4.74 Å². The first-order chi connectivity index (χ1) is 12.1. The van der Waals surface area contributed by atoms with Crippen LogP contribution in [0.1, 0.15) is 38.4 Å². The van der Waals surface area contributed by atoms with Gasteiger partial charge in [0.2, 0.25) is 0 Å². The third-order valence-corrected chi connectivity index (χ3v) is 5.70. The van der Waals surface area contributed by atoms with Gasteiger partial charge in [0.25, 0.3) is 0 Å². The Morgan fingerprint density at radius 2 is 2.16 bits per heavy atom. The molecule has 1 fully saturated rings. The number of ether oxygens (including phenoxy) is 1. The van der Waals surface area contributed by atoms with Gasteiger partial charge in [0.15, 0.2) is 16.3 Å². The summed E-state index contributed by atoms with van der Waals surface area (Å²) >= 11 is 1.62. The number of nitrogens with zero attached hydrogens (tertiary/aromatic N) is 5. The number of thioether (sulfide) groups is 1. The largest absolute Gasteiger partial charge is 0.394 e. The second kappa shape index (κ2) is 7.94. The van der Waals surface area contributed by atoms with Crippen molar-refractivity contribution in [2.45, 2.75) is 57.0 Å². The van der Waals surface area contributed by atoms with Crippen LogP contribution in [0.25, 0.3) is 11.2 Å². The molecule has 0 radical (unpaired) electrons. The minimum Gasteiger partial charge on any atom is -0.394 e. The van der Waals surface area contributed by atoms with Crippen LogP contribution in [-0.4, -0.2) is 66.3 Å². The summed E-state index contributed by atoms with van der Waals surface area (Å²) in [6.45, 7) is 6.18. The third kappa shape index (κ3) is 3.64. The number of hydrogen-bond acceptors (Lipinski definition) is 8. The van der Waals surface area contributed by atoms with Gasteiger partial charge in [0.1, 0.15) is 0 Å². The molecule has 2 heterocycles. The Labute approximate surface area is 151 Å². The van der Waals surface area contributed by atoms with E-state index in [-0.39, 0.29) is 31.3 Å². The molecule has 0 saturated heterocycles. The molecule has 2 aromatic rings. The van der Waals surface area contributed by atoms with E-state index in [1.807, 2.05) is 13.8 Å². The SMILES string of the molecule is CCCSc1nc(C)c2nnn(C3C[C@H](OCCO)[C@@H](O)[C@H]3C)c2n1. The van der Waals surface area contributed by atoms with Crippen molar-refractivity contribution in [1.29, 1.82) is 0 Å². The van der Waals surface area contributed by atoms with E-state index in [4.69, 9.17) is 9.84 Å². The summed E-state index contributed by atoms with van der Waals surface area (Å²) in [6.07, 6.45) is 0.746. The monoisotopic (exact) mass is 367 g/mol. The van der Waals surface area contributed by atoms with E-state index < -0.39 is 6.10 Å². The maximum Gasteiger partial charge on any atom is 0.189 e. The van der Waals surface area contributed by atoms with Crippen LogP contribution in [0.5, 0.6) is 0 Å². The second-order valence-electron chi connectivity index (χ2n) is 6.43. The maximum absolute atomic E-state index is 10.4. The van der Waals surface area contributed by atoms with Gasteiger partial charge in [0, 0.05) is 11.7 Å². The van der Waals surface area contributed by atoms with Crippen molar-refractivity contribution in [2.24, 2.45) is 5.92 Å². The van der Waals surface area contributed by atoms with E-state index in [1.165, 1.54) is 0 Å². The number of aliphatic hydroxyl groups is 2. The molecule has 2 N–H and O–H groups in total. The zero-order valence-corrected chi connectivity index (χ0v) is 15.6. The average molecular weight is 367 g/mol. The normalized spacial score (nSPS) is 26.6. The van der Waals surface area contributed by atoms with Gasteiger partial charge < -0.3 is 14.9 Å². The number of hydrogen-bond donors (Lipinski definition) is 2. The molecule has 25 heavy (non-hydrogen) atoms. The molecule has 0 spiro atoms. The first-order valence-electron chi connectivity index (χ1n) is 8.69. The highest BCUT2D eigenvalue weighted by Crippen LogP contribution is 2.38. The van der Waals surface area contributed by atoms with Gasteiger partial charge >= 0.3 is 0 Å². The predicted octanol–water partition coefficient (Wildman–Crippen LogP) is 1.35. The third-order valence-electron chi connectivity index (χ3n) is 4.65. The summed E-state index contributed by atoms with van der Waals surface area (Å²) in [4.78, 5) is 9.15. The van der Waals surface area contributed by atoms with Crippen molar-refractivity contribution >= 4 is 22.9 Å². The molecule has 1 aliphatic rings. The maximum atomic E-state index is 10.4. The van der Waals surface area contributed by atoms with Crippen LogP contribution >= 0.6 is 11.8 Å². The highest BCUT2D eigenvalue weighted by Gasteiger charge is 2.42. The zero-order chi connectivity index (χ0) is 18.0. The number of aliphatic hydroxyl groups excluding tert-OH is 2. The standard InChI is InChI=1S/C16H25N5O3S/c1-4-7-25-16-17-10(3)13-15(18-16)21(20-19-13)11-8-12(24-6-5-22)14(23)9(11)2/h9,11-12,14,22-23H,4-8H2,1-3H3/t9-,11?,12-,14-/m0/s1. The second-order valence-corrected chi connectivity index (χ2v) is 7.49. The van der Waals surface area contributed by atoms with Crippen LogP contribution in [0.3, 0.4) is 0 Å². The highest BCUT2D eigenvalue weighted by atomic mass is 32.2. The molecule has 1 aliphatic carbocycles. The fraction of sp³-hybridized carbons (Fsp3) is 0.750. The lowest BCUT2D eigenvalue weighted by molar-refractivity contribution is -0.0402. The summed E-state index contributed by atoms with van der Waals surface area (Å²) < 4.78 is 7.38. The summed E-state index contributed by atoms with van der Waals surface area (Å²) in [7, 11) is 0. The summed E-state index contributed by atoms with van der Waals surface area (Å²) in [5.74, 6) is 0.915. The van der Waals surface area contributed by atoms with Crippen LogP contribution in [0.2, 0.25) is 0 Å². The van der Waals surface area contributed by atoms with E-state index in [2.05, 4.69) is 27.2 Å². The number of aryl methyl sites for hydroxylation is 1. The van der Waals surface area contributed by atoms with Gasteiger partial charge in [-0.3, -0.25) is 0 Å². The Balaban J connectivity index is 1.91. The quantitative estimate of drug-likeness (QED) is 0.558. The number of aromatic nitrogens is 5. The van der Waals surface area contributed by atoms with Gasteiger partial charge in [-0.25, -0.2) is 14.6 Å². The molecule has 0 amide bonds. The van der Waals surface area contributed by atoms with Gasteiger partial charge in [0.05, 0.1) is 37.2 Å². The van der Waals surface area contributed by atoms with E-state index in [0.29, 0.717) is 17.6 Å². The van der Waals surface area contributed by atoms with E-state index in [0.717, 1.165) is 23.0 Å². The lowest BCUT2D eigenvalue weighted by Crippen LogP contribution is -2.28. The Morgan fingerprint density at radius 1 is 1.36 bits per heavy atom. The van der Waals surface area contributed by atoms with Crippen molar-refractivity contribution < 1.29 is 14.9 Å². The van der Waals surface area contributed by atoms with Crippen molar-refractivity contribution in [3.63, 3.8) is 0 Å². The molecule has 4 atom stereocenters. The fourth-order valence-electron chi connectivity index (χ4n) is 3.27. The Morgan fingerprint density at radius 3 is 2.88 bits per heavy atom. The highest BCUT2D eigenvalue weighted by molar-refractivity contribution is 7.99. The molecular formula is C16H25N5O3S. The summed E-state index contributed by atoms with van der Waals surface area (Å²) in [6, 6.07) is -0.0537. The zero-order valence-electron chi connectivity index (χ0n) is 14.8. The van der Waals surface area contributed by atoms with Crippen molar-refractivity contribution in [3.8, 4) is 0 Å². The van der Waals surface area contributed by atoms with Crippen molar-refractivity contribution in [1.82, 2.24) is 25.0 Å². The van der Waals surface area contributed by atoms with E-state index >= 15 is 0 Å².